The third-order valence-electron chi connectivity index (χ3n) is 7.84. The number of benzene rings is 2. The Morgan fingerprint density at radius 3 is 2.15 bits per heavy atom. The van der Waals surface area contributed by atoms with Crippen molar-refractivity contribution in [2.75, 3.05) is 18.4 Å². The zero-order chi connectivity index (χ0) is 27.7. The quantitative estimate of drug-likeness (QED) is 0.306. The predicted octanol–water partition coefficient (Wildman–Crippen LogP) is 5.53. The van der Waals surface area contributed by atoms with Crippen molar-refractivity contribution in [1.29, 1.82) is 0 Å². The van der Waals surface area contributed by atoms with Gasteiger partial charge in [-0.15, -0.1) is 11.3 Å². The first-order valence-corrected chi connectivity index (χ1v) is 15.4. The summed E-state index contributed by atoms with van der Waals surface area (Å²) in [6, 6.07) is 20.9. The molecule has 2 fully saturated rings. The largest absolute Gasteiger partial charge is 0.356 e. The SMILES string of the molecule is O=C(Cc1csc(NC(=O)CN(C(=O)C2CCCCC2)C2CC2)n1)NCCC(c1ccccc1)c1ccccc1. The number of hydrogen-bond acceptors (Lipinski definition) is 5. The van der Waals surface area contributed by atoms with Gasteiger partial charge in [-0.3, -0.25) is 14.4 Å². The number of anilines is 1. The smallest absolute Gasteiger partial charge is 0.245 e. The van der Waals surface area contributed by atoms with Gasteiger partial charge in [0.2, 0.25) is 17.7 Å². The molecule has 0 saturated heterocycles. The second-order valence-electron chi connectivity index (χ2n) is 10.9. The van der Waals surface area contributed by atoms with E-state index in [1.54, 1.807) is 10.3 Å². The van der Waals surface area contributed by atoms with Gasteiger partial charge in [-0.25, -0.2) is 4.98 Å². The Bertz CT molecular complexity index is 1230. The Balaban J connectivity index is 1.09. The van der Waals surface area contributed by atoms with E-state index in [0.29, 0.717) is 17.4 Å². The number of rotatable bonds is 12. The summed E-state index contributed by atoms with van der Waals surface area (Å²) in [5.74, 6) is 0.0673. The van der Waals surface area contributed by atoms with E-state index in [1.807, 2.05) is 36.4 Å². The fourth-order valence-corrected chi connectivity index (χ4v) is 6.32. The normalized spacial score (nSPS) is 15.5. The Morgan fingerprint density at radius 2 is 1.52 bits per heavy atom. The first kappa shape index (κ1) is 28.0. The van der Waals surface area contributed by atoms with E-state index in [-0.39, 0.29) is 48.6 Å². The molecule has 0 radical (unpaired) electrons. The number of thiazole rings is 1. The van der Waals surface area contributed by atoms with Crippen LogP contribution in [0.25, 0.3) is 0 Å². The Hall–Kier alpha value is -3.52. The van der Waals surface area contributed by atoms with Crippen LogP contribution >= 0.6 is 11.3 Å². The van der Waals surface area contributed by atoms with Crippen LogP contribution in [-0.4, -0.2) is 46.7 Å². The maximum Gasteiger partial charge on any atom is 0.245 e. The summed E-state index contributed by atoms with van der Waals surface area (Å²) >= 11 is 1.30. The van der Waals surface area contributed by atoms with E-state index in [1.165, 1.54) is 28.9 Å². The standard InChI is InChI=1S/C32H38N4O3S/c37-29(33-19-18-28(23-10-4-1-5-11-23)24-12-6-2-7-13-24)20-26-22-40-32(34-26)35-30(38)21-36(27-16-17-27)31(39)25-14-8-3-9-15-25/h1-2,4-7,10-13,22,25,27-28H,3,8-9,14-21H2,(H,33,37)(H,34,35,38). The summed E-state index contributed by atoms with van der Waals surface area (Å²) in [6.07, 6.45) is 8.13. The molecule has 0 unspecified atom stereocenters. The van der Waals surface area contributed by atoms with Crippen LogP contribution in [-0.2, 0) is 20.8 Å². The molecule has 2 N–H and O–H groups in total. The first-order valence-electron chi connectivity index (χ1n) is 14.5. The van der Waals surface area contributed by atoms with E-state index in [9.17, 15) is 14.4 Å². The van der Waals surface area contributed by atoms with E-state index >= 15 is 0 Å². The Morgan fingerprint density at radius 1 is 0.875 bits per heavy atom. The van der Waals surface area contributed by atoms with Crippen molar-refractivity contribution in [2.45, 2.75) is 69.7 Å². The average Bonchev–Trinajstić information content (AvgIpc) is 3.75. The molecule has 0 aliphatic heterocycles. The third kappa shape index (κ3) is 7.78. The monoisotopic (exact) mass is 558 g/mol. The number of amides is 3. The van der Waals surface area contributed by atoms with Crippen molar-refractivity contribution >= 4 is 34.2 Å². The van der Waals surface area contributed by atoms with Gasteiger partial charge in [0.05, 0.1) is 12.1 Å². The number of carbonyl (C=O) groups is 3. The maximum atomic E-state index is 13.1. The summed E-state index contributed by atoms with van der Waals surface area (Å²) in [5.41, 5.74) is 3.07. The summed E-state index contributed by atoms with van der Waals surface area (Å²) in [4.78, 5) is 44.8. The number of hydrogen-bond donors (Lipinski definition) is 2. The summed E-state index contributed by atoms with van der Waals surface area (Å²) in [6.45, 7) is 0.617. The maximum absolute atomic E-state index is 13.1. The summed E-state index contributed by atoms with van der Waals surface area (Å²) in [5, 5.41) is 8.14. The highest BCUT2D eigenvalue weighted by atomic mass is 32.1. The van der Waals surface area contributed by atoms with Crippen molar-refractivity contribution in [3.8, 4) is 0 Å². The van der Waals surface area contributed by atoms with Gasteiger partial charge >= 0.3 is 0 Å². The van der Waals surface area contributed by atoms with Crippen molar-refractivity contribution in [1.82, 2.24) is 15.2 Å². The molecular formula is C32H38N4O3S. The van der Waals surface area contributed by atoms with Crippen LogP contribution in [0, 0.1) is 5.92 Å². The molecule has 0 spiro atoms. The third-order valence-corrected chi connectivity index (χ3v) is 8.64. The van der Waals surface area contributed by atoms with Crippen LogP contribution in [0.3, 0.4) is 0 Å². The number of aromatic nitrogens is 1. The van der Waals surface area contributed by atoms with Gasteiger partial charge in [-0.05, 0) is 43.2 Å². The van der Waals surface area contributed by atoms with Gasteiger partial charge in [0.15, 0.2) is 5.13 Å². The van der Waals surface area contributed by atoms with Gasteiger partial charge in [0.25, 0.3) is 0 Å². The highest BCUT2D eigenvalue weighted by molar-refractivity contribution is 7.13. The molecule has 210 valence electrons. The van der Waals surface area contributed by atoms with Crippen molar-refractivity contribution in [3.05, 3.63) is 82.9 Å². The van der Waals surface area contributed by atoms with Crippen molar-refractivity contribution in [3.63, 3.8) is 0 Å². The Labute approximate surface area is 240 Å². The van der Waals surface area contributed by atoms with Gasteiger partial charge in [-0.2, -0.15) is 0 Å². The first-order chi connectivity index (χ1) is 19.6. The lowest BCUT2D eigenvalue weighted by atomic mass is 9.88. The molecule has 2 saturated carbocycles. The minimum atomic E-state index is -0.228. The van der Waals surface area contributed by atoms with Crippen LogP contribution in [0.15, 0.2) is 66.0 Å². The molecule has 3 aromatic rings. The number of carbonyl (C=O) groups excluding carboxylic acids is 3. The summed E-state index contributed by atoms with van der Waals surface area (Å²) in [7, 11) is 0. The fourth-order valence-electron chi connectivity index (χ4n) is 5.60. The van der Waals surface area contributed by atoms with Gasteiger partial charge in [0, 0.05) is 29.8 Å². The van der Waals surface area contributed by atoms with E-state index in [0.717, 1.165) is 44.9 Å². The fraction of sp³-hybridized carbons (Fsp3) is 0.438. The second-order valence-corrected chi connectivity index (χ2v) is 11.8. The minimum Gasteiger partial charge on any atom is -0.356 e. The average molecular weight is 559 g/mol. The van der Waals surface area contributed by atoms with Crippen molar-refractivity contribution in [2.24, 2.45) is 5.92 Å². The minimum absolute atomic E-state index is 0.0581. The van der Waals surface area contributed by atoms with Crippen LogP contribution in [0.4, 0.5) is 5.13 Å². The molecule has 7 nitrogen and oxygen atoms in total. The molecule has 40 heavy (non-hydrogen) atoms. The molecule has 8 heteroatoms. The summed E-state index contributed by atoms with van der Waals surface area (Å²) < 4.78 is 0. The molecule has 2 aliphatic rings. The molecule has 0 bridgehead atoms. The second kappa shape index (κ2) is 13.7. The molecule has 5 rings (SSSR count). The lowest BCUT2D eigenvalue weighted by molar-refractivity contribution is -0.139. The number of nitrogens with one attached hydrogen (secondary N) is 2. The lowest BCUT2D eigenvalue weighted by Crippen LogP contribution is -2.43. The van der Waals surface area contributed by atoms with E-state index < -0.39 is 0 Å². The molecular weight excluding hydrogens is 520 g/mol. The molecule has 0 atom stereocenters. The Kier molecular flexibility index (Phi) is 9.60. The predicted molar refractivity (Wildman–Crippen MR) is 158 cm³/mol. The zero-order valence-electron chi connectivity index (χ0n) is 22.9. The van der Waals surface area contributed by atoms with Gasteiger partial charge in [-0.1, -0.05) is 79.9 Å². The van der Waals surface area contributed by atoms with Crippen molar-refractivity contribution < 1.29 is 14.4 Å². The van der Waals surface area contributed by atoms with Gasteiger partial charge < -0.3 is 15.5 Å². The molecule has 3 amide bonds. The zero-order valence-corrected chi connectivity index (χ0v) is 23.7. The highest BCUT2D eigenvalue weighted by Crippen LogP contribution is 2.32. The molecule has 1 heterocycles. The highest BCUT2D eigenvalue weighted by Gasteiger charge is 2.37. The van der Waals surface area contributed by atoms with E-state index in [4.69, 9.17) is 0 Å². The molecule has 1 aromatic heterocycles. The lowest BCUT2D eigenvalue weighted by Gasteiger charge is -2.28. The topological polar surface area (TPSA) is 91.4 Å². The number of nitrogens with zero attached hydrogens (tertiary/aromatic N) is 2. The van der Waals surface area contributed by atoms with Crippen LogP contribution in [0.5, 0.6) is 0 Å². The van der Waals surface area contributed by atoms with Crippen LogP contribution in [0.2, 0.25) is 0 Å². The molecule has 2 aliphatic carbocycles. The molecule has 2 aromatic carbocycles. The van der Waals surface area contributed by atoms with Gasteiger partial charge in [0.1, 0.15) is 6.54 Å². The van der Waals surface area contributed by atoms with Crippen LogP contribution in [0.1, 0.15) is 74.1 Å². The van der Waals surface area contributed by atoms with E-state index in [2.05, 4.69) is 39.9 Å². The van der Waals surface area contributed by atoms with Crippen LogP contribution < -0.4 is 10.6 Å².